The lowest BCUT2D eigenvalue weighted by Crippen LogP contribution is -1.88. The Morgan fingerprint density at radius 2 is 1.87 bits per heavy atom. The van der Waals surface area contributed by atoms with E-state index in [1.165, 1.54) is 18.3 Å². The van der Waals surface area contributed by atoms with Gasteiger partial charge >= 0.3 is 0 Å². The number of nitrogens with zero attached hydrogens (tertiary/aromatic N) is 1. The summed E-state index contributed by atoms with van der Waals surface area (Å²) < 4.78 is 13.1. The van der Waals surface area contributed by atoms with Crippen molar-refractivity contribution in [2.24, 2.45) is 0 Å². The van der Waals surface area contributed by atoms with Crippen molar-refractivity contribution in [3.8, 4) is 11.1 Å². The maximum absolute atomic E-state index is 13.1. The molecule has 0 aliphatic heterocycles. The summed E-state index contributed by atoms with van der Waals surface area (Å²) in [5, 5.41) is 0.354. The number of benzene rings is 1. The zero-order valence-electron chi connectivity index (χ0n) is 7.74. The monoisotopic (exact) mass is 222 g/mol. The minimum atomic E-state index is -0.375. The Morgan fingerprint density at radius 1 is 1.07 bits per heavy atom. The minimum absolute atomic E-state index is 0.354. The van der Waals surface area contributed by atoms with Crippen molar-refractivity contribution in [3.05, 3.63) is 47.5 Å². The summed E-state index contributed by atoms with van der Waals surface area (Å²) in [6, 6.07) is 6.03. The number of hydrogen-bond acceptors (Lipinski definition) is 2. The first-order valence-corrected chi connectivity index (χ1v) is 4.70. The number of rotatable bonds is 1. The van der Waals surface area contributed by atoms with Gasteiger partial charge in [-0.25, -0.2) is 4.39 Å². The molecule has 0 bridgehead atoms. The third-order valence-corrected chi connectivity index (χ3v) is 2.17. The first-order valence-electron chi connectivity index (χ1n) is 4.32. The van der Waals surface area contributed by atoms with Crippen molar-refractivity contribution in [2.75, 3.05) is 5.73 Å². The summed E-state index contributed by atoms with van der Waals surface area (Å²) in [6.07, 6.45) is 3.14. The highest BCUT2D eigenvalue weighted by Crippen LogP contribution is 2.24. The van der Waals surface area contributed by atoms with Gasteiger partial charge in [0.25, 0.3) is 0 Å². The van der Waals surface area contributed by atoms with Crippen molar-refractivity contribution in [3.63, 3.8) is 0 Å². The van der Waals surface area contributed by atoms with E-state index in [9.17, 15) is 4.39 Å². The molecule has 15 heavy (non-hydrogen) atoms. The van der Waals surface area contributed by atoms with Crippen LogP contribution in [0.5, 0.6) is 0 Å². The summed E-state index contributed by atoms with van der Waals surface area (Å²) in [6.45, 7) is 0. The van der Waals surface area contributed by atoms with Crippen molar-refractivity contribution in [1.82, 2.24) is 4.98 Å². The molecule has 1 aromatic heterocycles. The largest absolute Gasteiger partial charge is 0.397 e. The summed E-state index contributed by atoms with van der Waals surface area (Å²) in [5.74, 6) is -0.375. The van der Waals surface area contributed by atoms with Gasteiger partial charge < -0.3 is 5.73 Å². The van der Waals surface area contributed by atoms with Gasteiger partial charge in [0, 0.05) is 23.0 Å². The molecule has 0 spiro atoms. The van der Waals surface area contributed by atoms with E-state index >= 15 is 0 Å². The van der Waals surface area contributed by atoms with Gasteiger partial charge in [-0.05, 0) is 29.8 Å². The topological polar surface area (TPSA) is 38.9 Å². The van der Waals surface area contributed by atoms with Crippen LogP contribution in [0.15, 0.2) is 36.7 Å². The second-order valence-corrected chi connectivity index (χ2v) is 3.60. The van der Waals surface area contributed by atoms with Crippen LogP contribution in [0.25, 0.3) is 11.1 Å². The Bertz CT molecular complexity index is 479. The van der Waals surface area contributed by atoms with E-state index in [2.05, 4.69) is 4.98 Å². The molecule has 76 valence electrons. The Morgan fingerprint density at radius 3 is 2.53 bits per heavy atom. The molecule has 0 saturated carbocycles. The van der Waals surface area contributed by atoms with Crippen LogP contribution >= 0.6 is 11.6 Å². The quantitative estimate of drug-likeness (QED) is 0.805. The number of hydrogen-bond donors (Lipinski definition) is 1. The fourth-order valence-corrected chi connectivity index (χ4v) is 1.56. The van der Waals surface area contributed by atoms with Gasteiger partial charge in [-0.1, -0.05) is 11.6 Å². The molecule has 0 amide bonds. The summed E-state index contributed by atoms with van der Waals surface area (Å²) in [7, 11) is 0. The molecular weight excluding hydrogens is 215 g/mol. The van der Waals surface area contributed by atoms with Gasteiger partial charge in [-0.3, -0.25) is 4.98 Å². The van der Waals surface area contributed by atoms with Crippen molar-refractivity contribution in [2.45, 2.75) is 0 Å². The van der Waals surface area contributed by atoms with Crippen molar-refractivity contribution in [1.29, 1.82) is 0 Å². The fourth-order valence-electron chi connectivity index (χ4n) is 1.34. The summed E-state index contributed by atoms with van der Waals surface area (Å²) >= 11 is 5.75. The molecule has 0 unspecified atom stereocenters. The number of aromatic nitrogens is 1. The Kier molecular flexibility index (Phi) is 2.56. The molecular formula is C11H8ClFN2. The molecule has 1 heterocycles. The van der Waals surface area contributed by atoms with E-state index in [1.807, 2.05) is 0 Å². The van der Waals surface area contributed by atoms with E-state index in [0.29, 0.717) is 16.3 Å². The molecule has 0 saturated heterocycles. The average molecular weight is 223 g/mol. The van der Waals surface area contributed by atoms with Gasteiger partial charge in [0.15, 0.2) is 0 Å². The number of anilines is 1. The first kappa shape index (κ1) is 9.93. The molecule has 1 aromatic carbocycles. The molecule has 2 N–H and O–H groups in total. The molecule has 2 nitrogen and oxygen atoms in total. The first-order chi connectivity index (χ1) is 7.15. The van der Waals surface area contributed by atoms with Crippen LogP contribution < -0.4 is 5.73 Å². The summed E-state index contributed by atoms with van der Waals surface area (Å²) in [5.41, 5.74) is 7.53. The van der Waals surface area contributed by atoms with E-state index in [4.69, 9.17) is 17.3 Å². The zero-order chi connectivity index (χ0) is 10.8. The lowest BCUT2D eigenvalue weighted by Gasteiger charge is -2.03. The highest BCUT2D eigenvalue weighted by atomic mass is 35.5. The van der Waals surface area contributed by atoms with E-state index < -0.39 is 0 Å². The predicted octanol–water partition coefficient (Wildman–Crippen LogP) is 3.12. The Labute approximate surface area is 91.5 Å². The highest BCUT2D eigenvalue weighted by molar-refractivity contribution is 6.30. The maximum Gasteiger partial charge on any atom is 0.125 e. The van der Waals surface area contributed by atoms with Gasteiger partial charge in [0.05, 0.1) is 5.69 Å². The van der Waals surface area contributed by atoms with Gasteiger partial charge in [0.2, 0.25) is 0 Å². The molecule has 2 aromatic rings. The van der Waals surface area contributed by atoms with Gasteiger partial charge in [-0.15, -0.1) is 0 Å². The second kappa shape index (κ2) is 3.87. The number of nitrogens with two attached hydrogens (primary N) is 1. The SMILES string of the molecule is Nc1cncc(-c2cc(F)cc(Cl)c2)c1. The third kappa shape index (κ3) is 2.25. The molecule has 0 atom stereocenters. The molecule has 0 fully saturated rings. The molecule has 0 radical (unpaired) electrons. The molecule has 0 aliphatic rings. The smallest absolute Gasteiger partial charge is 0.125 e. The van der Waals surface area contributed by atoms with Crippen LogP contribution in [0.2, 0.25) is 5.02 Å². The summed E-state index contributed by atoms with van der Waals surface area (Å²) in [4.78, 5) is 3.93. The Hall–Kier alpha value is -1.61. The van der Waals surface area contributed by atoms with Crippen LogP contribution in [0, 0.1) is 5.82 Å². The third-order valence-electron chi connectivity index (χ3n) is 1.96. The second-order valence-electron chi connectivity index (χ2n) is 3.17. The lowest BCUT2D eigenvalue weighted by molar-refractivity contribution is 0.628. The predicted molar refractivity (Wildman–Crippen MR) is 59.1 cm³/mol. The fraction of sp³-hybridized carbons (Fsp3) is 0. The standard InChI is InChI=1S/C11H8ClFN2/c12-9-1-7(2-10(13)4-9)8-3-11(14)6-15-5-8/h1-6H,14H2. The molecule has 0 aliphatic carbocycles. The van der Waals surface area contributed by atoms with Crippen LogP contribution in [0.1, 0.15) is 0 Å². The van der Waals surface area contributed by atoms with Gasteiger partial charge in [-0.2, -0.15) is 0 Å². The van der Waals surface area contributed by atoms with Crippen LogP contribution in [0.4, 0.5) is 10.1 Å². The van der Waals surface area contributed by atoms with Crippen LogP contribution in [-0.2, 0) is 0 Å². The Balaban J connectivity index is 2.54. The van der Waals surface area contributed by atoms with E-state index in [0.717, 1.165) is 5.56 Å². The number of pyridine rings is 1. The number of halogens is 2. The minimum Gasteiger partial charge on any atom is -0.397 e. The lowest BCUT2D eigenvalue weighted by atomic mass is 10.1. The molecule has 2 rings (SSSR count). The number of nitrogen functional groups attached to an aromatic ring is 1. The van der Waals surface area contributed by atoms with E-state index in [-0.39, 0.29) is 5.82 Å². The normalized spacial score (nSPS) is 10.3. The van der Waals surface area contributed by atoms with Crippen LogP contribution in [-0.4, -0.2) is 4.98 Å². The van der Waals surface area contributed by atoms with Crippen molar-refractivity contribution < 1.29 is 4.39 Å². The molecule has 4 heteroatoms. The van der Waals surface area contributed by atoms with Crippen LogP contribution in [0.3, 0.4) is 0 Å². The van der Waals surface area contributed by atoms with E-state index in [1.54, 1.807) is 18.3 Å². The highest BCUT2D eigenvalue weighted by Gasteiger charge is 2.02. The van der Waals surface area contributed by atoms with Crippen molar-refractivity contribution >= 4 is 17.3 Å². The van der Waals surface area contributed by atoms with Gasteiger partial charge in [0.1, 0.15) is 5.82 Å². The zero-order valence-corrected chi connectivity index (χ0v) is 8.50. The average Bonchev–Trinajstić information content (AvgIpc) is 2.16. The maximum atomic E-state index is 13.1.